The number of phenolic OH excluding ortho intramolecular Hbond substituents is 2. The number of phenols is 2. The molecule has 6 N–H and O–H groups in total. The van der Waals surface area contributed by atoms with Crippen molar-refractivity contribution in [2.24, 2.45) is 23.7 Å². The second-order valence-electron chi connectivity index (χ2n) is 23.1. The van der Waals surface area contributed by atoms with E-state index in [0.29, 0.717) is 54.6 Å². The Labute approximate surface area is 494 Å². The predicted molar refractivity (Wildman–Crippen MR) is 323 cm³/mol. The van der Waals surface area contributed by atoms with Crippen LogP contribution in [0.1, 0.15) is 166 Å². The number of benzene rings is 6. The fraction of sp³-hybridized carbons (Fsp3) is 0.414. The van der Waals surface area contributed by atoms with Gasteiger partial charge >= 0.3 is 0 Å². The molecule has 0 heterocycles. The van der Waals surface area contributed by atoms with Crippen molar-refractivity contribution in [1.82, 2.24) is 10.6 Å². The van der Waals surface area contributed by atoms with Crippen LogP contribution in [0.5, 0.6) is 23.0 Å². The molecule has 6 atom stereocenters. The number of rotatable bonds is 31. The van der Waals surface area contributed by atoms with Gasteiger partial charge in [-0.05, 0) is 129 Å². The molecule has 0 unspecified atom stereocenters. The molecule has 448 valence electrons. The predicted octanol–water partition coefficient (Wildman–Crippen LogP) is 14.1. The largest absolute Gasteiger partial charge is 0.507 e. The lowest BCUT2D eigenvalue weighted by Gasteiger charge is -2.28. The van der Waals surface area contributed by atoms with Gasteiger partial charge in [-0.15, -0.1) is 0 Å². The number of halogens is 2. The Morgan fingerprint density at radius 2 is 1.07 bits per heavy atom. The van der Waals surface area contributed by atoms with Crippen molar-refractivity contribution in [3.05, 3.63) is 191 Å². The van der Waals surface area contributed by atoms with Gasteiger partial charge in [0.15, 0.2) is 5.78 Å². The number of hydrogen-bond donors (Lipinski definition) is 6. The van der Waals surface area contributed by atoms with Crippen molar-refractivity contribution in [3.8, 4) is 23.0 Å². The first-order chi connectivity index (χ1) is 40.4. The summed E-state index contributed by atoms with van der Waals surface area (Å²) < 4.78 is 33.0. The highest BCUT2D eigenvalue weighted by Gasteiger charge is 2.30. The third-order valence-corrected chi connectivity index (χ3v) is 15.7. The van der Waals surface area contributed by atoms with E-state index < -0.39 is 59.2 Å². The molecular formula is C70H84F2N2O10. The van der Waals surface area contributed by atoms with Crippen LogP contribution < -0.4 is 15.4 Å². The number of carbonyl (C=O) groups excluding carboxylic acids is 5. The van der Waals surface area contributed by atoms with Crippen LogP contribution in [0.4, 0.5) is 8.78 Å². The minimum Gasteiger partial charge on any atom is -0.507 e. The van der Waals surface area contributed by atoms with Gasteiger partial charge in [-0.3, -0.25) is 19.2 Å². The second kappa shape index (κ2) is 34.3. The lowest BCUT2D eigenvalue weighted by Crippen LogP contribution is -2.45. The average Bonchev–Trinajstić information content (AvgIpc) is 3.68. The van der Waals surface area contributed by atoms with E-state index >= 15 is 0 Å². The first-order valence-corrected chi connectivity index (χ1v) is 29.8. The fourth-order valence-electron chi connectivity index (χ4n) is 11.0. The van der Waals surface area contributed by atoms with Crippen molar-refractivity contribution >= 4 is 29.2 Å². The van der Waals surface area contributed by atoms with Crippen molar-refractivity contribution in [2.75, 3.05) is 0 Å². The summed E-state index contributed by atoms with van der Waals surface area (Å²) in [7, 11) is 0. The van der Waals surface area contributed by atoms with Crippen molar-refractivity contribution in [2.45, 2.75) is 161 Å². The number of aliphatic hydroxyl groups excluding tert-OH is 2. The maximum Gasteiger partial charge on any atom is 0.255 e. The molecule has 6 aromatic rings. The smallest absolute Gasteiger partial charge is 0.255 e. The number of aliphatic hydroxyl groups is 2. The van der Waals surface area contributed by atoms with E-state index in [0.717, 1.165) is 67.5 Å². The molecule has 0 radical (unpaired) electrons. The van der Waals surface area contributed by atoms with Gasteiger partial charge < -0.3 is 40.6 Å². The Kier molecular flexibility index (Phi) is 26.8. The Morgan fingerprint density at radius 1 is 0.571 bits per heavy atom. The Balaban J connectivity index is 0.000000282. The monoisotopic (exact) mass is 1150 g/mol. The summed E-state index contributed by atoms with van der Waals surface area (Å²) in [6.07, 6.45) is 11.1. The number of Topliss-reactive ketones (excluding diaryl/α,β-unsaturated/α-hetero) is 3. The topological polar surface area (TPSA) is 200 Å². The summed E-state index contributed by atoms with van der Waals surface area (Å²) >= 11 is 0. The SMILES string of the molecule is CC(=O)CCC(=O)C[C@@H](CCC(C)C)C[C@H](O)[C@H](Cc1ccccc1)NC(=O)c1ccc(F)cc1O.O=C(C[C@@H](CCCC1CCCCC1)C[C@H](O)[C@H](Cc1ccccc1)NC(=O)c1ccc(F)cc1O)c1cccc(Oc2ccccc2)c1. The van der Waals surface area contributed by atoms with Crippen molar-refractivity contribution in [1.29, 1.82) is 0 Å². The van der Waals surface area contributed by atoms with Crippen LogP contribution in [0.15, 0.2) is 152 Å². The van der Waals surface area contributed by atoms with Crippen molar-refractivity contribution in [3.63, 3.8) is 0 Å². The van der Waals surface area contributed by atoms with Gasteiger partial charge in [-0.25, -0.2) is 8.78 Å². The Morgan fingerprint density at radius 3 is 1.57 bits per heavy atom. The summed E-state index contributed by atoms with van der Waals surface area (Å²) in [6, 6.07) is 40.6. The number of ketones is 3. The van der Waals surface area contributed by atoms with E-state index in [1.54, 1.807) is 12.1 Å². The zero-order valence-electron chi connectivity index (χ0n) is 48.8. The lowest BCUT2D eigenvalue weighted by molar-refractivity contribution is -0.124. The van der Waals surface area contributed by atoms with Gasteiger partial charge in [0.1, 0.15) is 46.2 Å². The average molecular weight is 1150 g/mol. The van der Waals surface area contributed by atoms with Crippen LogP contribution in [0.25, 0.3) is 0 Å². The summed E-state index contributed by atoms with van der Waals surface area (Å²) in [4.78, 5) is 63.7. The summed E-state index contributed by atoms with van der Waals surface area (Å²) in [5, 5.41) is 49.0. The highest BCUT2D eigenvalue weighted by Crippen LogP contribution is 2.32. The molecule has 84 heavy (non-hydrogen) atoms. The number of ether oxygens (including phenoxy) is 1. The minimum absolute atomic E-state index is 0.00830. The van der Waals surface area contributed by atoms with Crippen LogP contribution in [-0.2, 0) is 22.4 Å². The molecule has 0 saturated heterocycles. The number of nitrogens with one attached hydrogen (secondary N) is 2. The van der Waals surface area contributed by atoms with E-state index in [9.17, 15) is 53.2 Å². The Bertz CT molecular complexity index is 3010. The van der Waals surface area contributed by atoms with Gasteiger partial charge in [0.2, 0.25) is 0 Å². The number of amides is 2. The van der Waals surface area contributed by atoms with Gasteiger partial charge in [0.05, 0.1) is 35.4 Å². The van der Waals surface area contributed by atoms with Gasteiger partial charge in [0.25, 0.3) is 11.8 Å². The molecule has 0 aromatic heterocycles. The van der Waals surface area contributed by atoms with Gasteiger partial charge in [-0.1, -0.05) is 156 Å². The van der Waals surface area contributed by atoms with Gasteiger partial charge in [-0.2, -0.15) is 0 Å². The highest BCUT2D eigenvalue weighted by molar-refractivity contribution is 5.98. The van der Waals surface area contributed by atoms with Crippen LogP contribution >= 0.6 is 0 Å². The van der Waals surface area contributed by atoms with E-state index in [-0.39, 0.29) is 66.0 Å². The van der Waals surface area contributed by atoms with Gasteiger partial charge in [0, 0.05) is 43.4 Å². The number of aromatic hydroxyl groups is 2. The summed E-state index contributed by atoms with van der Waals surface area (Å²) in [5.74, 6) is -1.37. The van der Waals surface area contributed by atoms with Crippen LogP contribution in [0, 0.1) is 35.3 Å². The van der Waals surface area contributed by atoms with Crippen LogP contribution in [0.3, 0.4) is 0 Å². The molecule has 1 aliphatic rings. The first-order valence-electron chi connectivity index (χ1n) is 29.8. The molecule has 14 heteroatoms. The summed E-state index contributed by atoms with van der Waals surface area (Å²) in [5.41, 5.74) is 2.22. The third-order valence-electron chi connectivity index (χ3n) is 15.7. The maximum atomic E-state index is 13.7. The molecule has 1 fully saturated rings. The zero-order chi connectivity index (χ0) is 60.4. The van der Waals surface area contributed by atoms with E-state index in [4.69, 9.17) is 4.74 Å². The van der Waals surface area contributed by atoms with Crippen LogP contribution in [-0.4, -0.2) is 73.9 Å². The molecule has 6 aromatic carbocycles. The standard InChI is InChI=1S/C41H46FNO5.C29H38FNO5/c42-33-22-23-36(39(45)28-33)41(47)43-37(24-30-14-6-2-7-15-30)40(46)26-31(17-10-16-29-12-4-1-5-13-29)25-38(44)32-18-11-21-35(27-32)48-34-19-8-3-9-20-34;1-19(2)9-11-22(15-24(33)13-10-20(3)32)17-28(35)26(16-21-7-5-4-6-8-21)31-29(36)25-14-12-23(30)18-27(25)34/h2-3,6-9,11,14-15,18-23,27-29,31,37,40,45-46H,1,4-5,10,12-13,16-17,24-26H2,(H,43,47);4-8,12,14,18-19,22,26,28,34-35H,9-11,13,15-17H2,1-3H3,(H,31,36)/t31-,37+,40+;22-,26+,28+/m11/s1. The fourth-order valence-corrected chi connectivity index (χ4v) is 11.0. The molecular weight excluding hydrogens is 1070 g/mol. The number of carbonyl (C=O) groups is 5. The van der Waals surface area contributed by atoms with Crippen LogP contribution in [0.2, 0.25) is 0 Å². The van der Waals surface area contributed by atoms with E-state index in [1.165, 1.54) is 51.2 Å². The summed E-state index contributed by atoms with van der Waals surface area (Å²) in [6.45, 7) is 5.65. The molecule has 1 aliphatic carbocycles. The molecule has 1 saturated carbocycles. The van der Waals surface area contributed by atoms with E-state index in [2.05, 4.69) is 24.5 Å². The van der Waals surface area contributed by atoms with Crippen molar-refractivity contribution < 1.29 is 57.9 Å². The quantitative estimate of drug-likeness (QED) is 0.0228. The molecule has 12 nitrogen and oxygen atoms in total. The third kappa shape index (κ3) is 22.9. The molecule has 2 amide bonds. The minimum atomic E-state index is -0.975. The van der Waals surface area contributed by atoms with E-state index in [1.807, 2.05) is 103 Å². The normalized spacial score (nSPS) is 14.6. The molecule has 0 bridgehead atoms. The molecule has 7 rings (SSSR count). The highest BCUT2D eigenvalue weighted by atomic mass is 19.1. The first kappa shape index (κ1) is 65.6. The molecule has 0 aliphatic heterocycles. The lowest BCUT2D eigenvalue weighted by atomic mass is 9.82. The number of hydrogen-bond acceptors (Lipinski definition) is 10. The maximum absolute atomic E-state index is 13.7. The second-order valence-corrected chi connectivity index (χ2v) is 23.1. The Hall–Kier alpha value is -7.55. The zero-order valence-corrected chi connectivity index (χ0v) is 48.8. The molecule has 0 spiro atoms. The number of para-hydroxylation sites is 1.